The third kappa shape index (κ3) is 3.69. The molecule has 3 aromatic rings. The zero-order valence-electron chi connectivity index (χ0n) is 16.2. The summed E-state index contributed by atoms with van der Waals surface area (Å²) in [6.45, 7) is 4.84. The summed E-state index contributed by atoms with van der Waals surface area (Å²) >= 11 is 0. The second-order valence-corrected chi connectivity index (χ2v) is 7.00. The van der Waals surface area contributed by atoms with E-state index in [9.17, 15) is 10.1 Å². The van der Waals surface area contributed by atoms with E-state index in [1.54, 1.807) is 26.5 Å². The highest BCUT2D eigenvalue weighted by molar-refractivity contribution is 5.87. The van der Waals surface area contributed by atoms with E-state index in [0.29, 0.717) is 42.2 Å². The van der Waals surface area contributed by atoms with Crippen LogP contribution in [0, 0.1) is 11.3 Å². The number of aromatic nitrogens is 5. The fourth-order valence-corrected chi connectivity index (χ4v) is 3.53. The highest BCUT2D eigenvalue weighted by Gasteiger charge is 2.23. The molecule has 9 heteroatoms. The van der Waals surface area contributed by atoms with Crippen LogP contribution in [0.25, 0.3) is 16.8 Å². The highest BCUT2D eigenvalue weighted by atomic mass is 16.5. The SMILES string of the molecule is C=CC(=O)N1CCCC(Oc2nc(-c3cnn(C)c3)cn3ncc(C#N)c23)CC1. The molecule has 1 atom stereocenters. The molecule has 4 rings (SSSR count). The number of amides is 1. The molecule has 1 aliphatic rings. The first kappa shape index (κ1) is 18.7. The lowest BCUT2D eigenvalue weighted by Gasteiger charge is -2.19. The molecule has 0 bridgehead atoms. The monoisotopic (exact) mass is 391 g/mol. The van der Waals surface area contributed by atoms with Crippen molar-refractivity contribution >= 4 is 11.4 Å². The van der Waals surface area contributed by atoms with Crippen LogP contribution < -0.4 is 4.74 Å². The first-order valence-electron chi connectivity index (χ1n) is 9.44. The minimum absolute atomic E-state index is 0.0627. The Morgan fingerprint density at radius 3 is 2.90 bits per heavy atom. The minimum atomic E-state index is -0.112. The van der Waals surface area contributed by atoms with Crippen molar-refractivity contribution in [3.8, 4) is 23.2 Å². The third-order valence-electron chi connectivity index (χ3n) is 5.03. The number of hydrogen-bond acceptors (Lipinski definition) is 6. The maximum absolute atomic E-state index is 11.9. The zero-order valence-corrected chi connectivity index (χ0v) is 16.2. The van der Waals surface area contributed by atoms with Gasteiger partial charge in [0.2, 0.25) is 11.8 Å². The molecule has 0 N–H and O–H groups in total. The average molecular weight is 391 g/mol. The number of carbonyl (C=O) groups excluding carboxylic acids is 1. The average Bonchev–Trinajstić information content (AvgIpc) is 3.28. The summed E-state index contributed by atoms with van der Waals surface area (Å²) in [7, 11) is 1.84. The van der Waals surface area contributed by atoms with Crippen LogP contribution in [0.4, 0.5) is 0 Å². The van der Waals surface area contributed by atoms with E-state index in [4.69, 9.17) is 4.74 Å². The first-order valence-corrected chi connectivity index (χ1v) is 9.44. The van der Waals surface area contributed by atoms with E-state index in [1.165, 1.54) is 12.3 Å². The Bertz CT molecular complexity index is 1110. The summed E-state index contributed by atoms with van der Waals surface area (Å²) in [6, 6.07) is 2.15. The predicted octanol–water partition coefficient (Wildman–Crippen LogP) is 1.95. The summed E-state index contributed by atoms with van der Waals surface area (Å²) in [5, 5.41) is 17.9. The summed E-state index contributed by atoms with van der Waals surface area (Å²) < 4.78 is 9.58. The van der Waals surface area contributed by atoms with Gasteiger partial charge in [0.15, 0.2) is 0 Å². The van der Waals surface area contributed by atoms with Crippen molar-refractivity contribution in [2.24, 2.45) is 7.05 Å². The van der Waals surface area contributed by atoms with Crippen molar-refractivity contribution in [2.75, 3.05) is 13.1 Å². The van der Waals surface area contributed by atoms with Crippen molar-refractivity contribution in [1.82, 2.24) is 29.3 Å². The number of nitrogens with zero attached hydrogens (tertiary/aromatic N) is 7. The van der Waals surface area contributed by atoms with E-state index < -0.39 is 0 Å². The topological polar surface area (TPSA) is 101 Å². The van der Waals surface area contributed by atoms with E-state index in [0.717, 1.165) is 18.4 Å². The molecule has 0 aromatic carbocycles. The smallest absolute Gasteiger partial charge is 0.245 e. The number of nitriles is 1. The summed E-state index contributed by atoms with van der Waals surface area (Å²) in [4.78, 5) is 18.4. The molecule has 1 fully saturated rings. The number of hydrogen-bond donors (Lipinski definition) is 0. The van der Waals surface area contributed by atoms with Crippen LogP contribution in [0.3, 0.4) is 0 Å². The molecule has 9 nitrogen and oxygen atoms in total. The second-order valence-electron chi connectivity index (χ2n) is 7.00. The van der Waals surface area contributed by atoms with Crippen LogP contribution in [0.15, 0.2) is 37.4 Å². The lowest BCUT2D eigenvalue weighted by atomic mass is 10.1. The van der Waals surface area contributed by atoms with Crippen LogP contribution in [0.5, 0.6) is 5.88 Å². The molecule has 1 amide bonds. The van der Waals surface area contributed by atoms with Gasteiger partial charge in [-0.2, -0.15) is 15.5 Å². The fraction of sp³-hybridized carbons (Fsp3) is 0.350. The number of rotatable bonds is 4. The lowest BCUT2D eigenvalue weighted by Crippen LogP contribution is -2.30. The Morgan fingerprint density at radius 1 is 1.31 bits per heavy atom. The molecule has 1 aliphatic heterocycles. The summed E-state index contributed by atoms with van der Waals surface area (Å²) in [6.07, 6.45) is 10.4. The molecule has 3 aromatic heterocycles. The van der Waals surface area contributed by atoms with Gasteiger partial charge >= 0.3 is 0 Å². The number of ether oxygens (including phenoxy) is 1. The summed E-state index contributed by atoms with van der Waals surface area (Å²) in [5.74, 6) is 0.307. The van der Waals surface area contributed by atoms with Crippen molar-refractivity contribution in [2.45, 2.75) is 25.4 Å². The van der Waals surface area contributed by atoms with Crippen LogP contribution in [-0.2, 0) is 11.8 Å². The van der Waals surface area contributed by atoms with Gasteiger partial charge in [-0.15, -0.1) is 0 Å². The quantitative estimate of drug-likeness (QED) is 0.630. The number of carbonyl (C=O) groups is 1. The van der Waals surface area contributed by atoms with Gasteiger partial charge in [0.25, 0.3) is 0 Å². The van der Waals surface area contributed by atoms with Gasteiger partial charge in [0.1, 0.15) is 23.3 Å². The van der Waals surface area contributed by atoms with Crippen LogP contribution in [0.1, 0.15) is 24.8 Å². The predicted molar refractivity (Wildman–Crippen MR) is 105 cm³/mol. The second kappa shape index (κ2) is 7.75. The van der Waals surface area contributed by atoms with Crippen LogP contribution in [0.2, 0.25) is 0 Å². The number of fused-ring (bicyclic) bond motifs is 1. The maximum Gasteiger partial charge on any atom is 0.245 e. The Hall–Kier alpha value is -3.67. The van der Waals surface area contributed by atoms with Gasteiger partial charge in [-0.25, -0.2) is 9.50 Å². The highest BCUT2D eigenvalue weighted by Crippen LogP contribution is 2.28. The molecule has 0 spiro atoms. The summed E-state index contributed by atoms with van der Waals surface area (Å²) in [5.41, 5.74) is 2.44. The largest absolute Gasteiger partial charge is 0.473 e. The fourth-order valence-electron chi connectivity index (χ4n) is 3.53. The van der Waals surface area contributed by atoms with Gasteiger partial charge < -0.3 is 9.64 Å². The number of aryl methyl sites for hydroxylation is 1. The zero-order chi connectivity index (χ0) is 20.4. The first-order chi connectivity index (χ1) is 14.1. The van der Waals surface area contributed by atoms with Crippen molar-refractivity contribution < 1.29 is 9.53 Å². The molecule has 1 unspecified atom stereocenters. The molecule has 29 heavy (non-hydrogen) atoms. The molecular weight excluding hydrogens is 370 g/mol. The van der Waals surface area contributed by atoms with E-state index >= 15 is 0 Å². The Kier molecular flexibility index (Phi) is 4.99. The standard InChI is InChI=1S/C20H21N7O2/c1-3-18(28)26-7-4-5-16(6-8-26)29-20-19-14(9-21)10-23-27(19)13-17(24-20)15-11-22-25(2)12-15/h3,10-13,16H,1,4-8H2,2H3. The van der Waals surface area contributed by atoms with Crippen molar-refractivity contribution in [3.05, 3.63) is 43.0 Å². The maximum atomic E-state index is 11.9. The van der Waals surface area contributed by atoms with E-state index in [1.807, 2.05) is 13.2 Å². The molecule has 0 radical (unpaired) electrons. The van der Waals surface area contributed by atoms with Gasteiger partial charge in [-0.1, -0.05) is 6.58 Å². The van der Waals surface area contributed by atoms with E-state index in [-0.39, 0.29) is 12.0 Å². The molecule has 4 heterocycles. The third-order valence-corrected chi connectivity index (χ3v) is 5.03. The van der Waals surface area contributed by atoms with Gasteiger partial charge in [0, 0.05) is 38.3 Å². The Morgan fingerprint density at radius 2 is 2.17 bits per heavy atom. The normalized spacial score (nSPS) is 17.0. The molecule has 1 saturated heterocycles. The van der Waals surface area contributed by atoms with Gasteiger partial charge in [-0.3, -0.25) is 9.48 Å². The number of likely N-dealkylation sites (tertiary alicyclic amines) is 1. The molecular formula is C20H21N7O2. The van der Waals surface area contributed by atoms with E-state index in [2.05, 4.69) is 27.8 Å². The van der Waals surface area contributed by atoms with Crippen LogP contribution >= 0.6 is 0 Å². The molecule has 0 saturated carbocycles. The Balaban J connectivity index is 1.66. The van der Waals surface area contributed by atoms with Gasteiger partial charge in [-0.05, 0) is 18.9 Å². The Labute approximate surface area is 167 Å². The molecule has 0 aliphatic carbocycles. The minimum Gasteiger partial charge on any atom is -0.473 e. The van der Waals surface area contributed by atoms with Gasteiger partial charge in [0.05, 0.1) is 24.3 Å². The molecule has 148 valence electrons. The van der Waals surface area contributed by atoms with Crippen molar-refractivity contribution in [1.29, 1.82) is 5.26 Å². The van der Waals surface area contributed by atoms with Crippen LogP contribution in [-0.4, -0.2) is 54.4 Å². The lowest BCUT2D eigenvalue weighted by molar-refractivity contribution is -0.126. The van der Waals surface area contributed by atoms with Crippen molar-refractivity contribution in [3.63, 3.8) is 0 Å².